The predicted octanol–water partition coefficient (Wildman–Crippen LogP) is 4.84. The zero-order chi connectivity index (χ0) is 17.1. The zero-order valence-electron chi connectivity index (χ0n) is 13.2. The molecule has 1 aliphatic rings. The van der Waals surface area contributed by atoms with E-state index in [-0.39, 0.29) is 31.2 Å². The standard InChI is InChI=1S/C15H18F6N2.2ClH/c16-14(17,18)6-5-13(23-9-7-22-8-10-23)11-1-3-12(4-2-11)15(19,20)21;;/h1-4,13,22H,5-10H2;2*1H/t13-;;/m0../s1. The highest BCUT2D eigenvalue weighted by Gasteiger charge is 2.33. The Balaban J connectivity index is 0.00000288. The molecule has 1 aromatic rings. The topological polar surface area (TPSA) is 15.3 Å². The van der Waals surface area contributed by atoms with Crippen molar-refractivity contribution in [2.45, 2.75) is 31.2 Å². The highest BCUT2D eigenvalue weighted by molar-refractivity contribution is 5.85. The highest BCUT2D eigenvalue weighted by Crippen LogP contribution is 2.34. The molecule has 1 saturated heterocycles. The van der Waals surface area contributed by atoms with Crippen molar-refractivity contribution in [2.24, 2.45) is 0 Å². The second kappa shape index (κ2) is 9.85. The number of alkyl halides is 6. The van der Waals surface area contributed by atoms with Gasteiger partial charge >= 0.3 is 12.4 Å². The van der Waals surface area contributed by atoms with E-state index in [1.807, 2.05) is 4.90 Å². The number of piperazine rings is 1. The lowest BCUT2D eigenvalue weighted by Crippen LogP contribution is -2.45. The van der Waals surface area contributed by atoms with E-state index in [9.17, 15) is 26.3 Å². The molecule has 0 amide bonds. The third kappa shape index (κ3) is 7.60. The largest absolute Gasteiger partial charge is 0.416 e. The minimum atomic E-state index is -4.45. The fourth-order valence-corrected chi connectivity index (χ4v) is 2.75. The molecule has 2 nitrogen and oxygen atoms in total. The van der Waals surface area contributed by atoms with Gasteiger partial charge in [-0.1, -0.05) is 12.1 Å². The number of halogens is 8. The van der Waals surface area contributed by atoms with Crippen LogP contribution in [0, 0.1) is 0 Å². The van der Waals surface area contributed by atoms with E-state index < -0.39 is 30.4 Å². The number of hydrogen-bond donors (Lipinski definition) is 1. The van der Waals surface area contributed by atoms with E-state index in [0.717, 1.165) is 12.1 Å². The predicted molar refractivity (Wildman–Crippen MR) is 88.4 cm³/mol. The summed E-state index contributed by atoms with van der Waals surface area (Å²) in [6, 6.07) is 3.90. The average Bonchev–Trinajstić information content (AvgIpc) is 2.47. The van der Waals surface area contributed by atoms with Gasteiger partial charge in [0.25, 0.3) is 0 Å². The van der Waals surface area contributed by atoms with E-state index in [0.29, 0.717) is 31.7 Å². The van der Waals surface area contributed by atoms with Gasteiger partial charge in [0.05, 0.1) is 5.56 Å². The Morgan fingerprint density at radius 3 is 1.88 bits per heavy atom. The third-order valence-corrected chi connectivity index (χ3v) is 3.92. The van der Waals surface area contributed by atoms with Crippen LogP contribution in [0.5, 0.6) is 0 Å². The molecule has 146 valence electrons. The van der Waals surface area contributed by atoms with Crippen LogP contribution in [0.2, 0.25) is 0 Å². The van der Waals surface area contributed by atoms with Crippen LogP contribution in [0.15, 0.2) is 24.3 Å². The summed E-state index contributed by atoms with van der Waals surface area (Å²) < 4.78 is 75.5. The second-order valence-corrected chi connectivity index (χ2v) is 5.58. The maximum atomic E-state index is 12.6. The number of benzene rings is 1. The SMILES string of the molecule is Cl.Cl.FC(F)(F)CC[C@@H](c1ccc(C(F)(F)F)cc1)N1CCNCC1. The van der Waals surface area contributed by atoms with Crippen LogP contribution in [-0.4, -0.2) is 37.3 Å². The summed E-state index contributed by atoms with van der Waals surface area (Å²) in [4.78, 5) is 1.89. The molecule has 0 unspecified atom stereocenters. The van der Waals surface area contributed by atoms with Gasteiger partial charge in [0, 0.05) is 38.6 Å². The maximum absolute atomic E-state index is 12.6. The summed E-state index contributed by atoms with van der Waals surface area (Å²) in [5.41, 5.74) is -0.305. The van der Waals surface area contributed by atoms with E-state index in [1.165, 1.54) is 12.1 Å². The van der Waals surface area contributed by atoms with Crippen molar-refractivity contribution in [3.63, 3.8) is 0 Å². The first-order valence-electron chi connectivity index (χ1n) is 7.35. The fourth-order valence-electron chi connectivity index (χ4n) is 2.75. The molecule has 10 heteroatoms. The number of hydrogen-bond acceptors (Lipinski definition) is 2. The summed E-state index contributed by atoms with van der Waals surface area (Å²) in [5, 5.41) is 3.11. The Morgan fingerprint density at radius 2 is 1.44 bits per heavy atom. The monoisotopic (exact) mass is 412 g/mol. The molecule has 1 heterocycles. The van der Waals surface area contributed by atoms with Crippen molar-refractivity contribution < 1.29 is 26.3 Å². The van der Waals surface area contributed by atoms with Gasteiger partial charge in [0.2, 0.25) is 0 Å². The lowest BCUT2D eigenvalue weighted by atomic mass is 9.98. The highest BCUT2D eigenvalue weighted by atomic mass is 35.5. The normalized spacial score (nSPS) is 17.4. The summed E-state index contributed by atoms with van der Waals surface area (Å²) in [6.45, 7) is 2.46. The molecular formula is C15H20Cl2F6N2. The van der Waals surface area contributed by atoms with Crippen molar-refractivity contribution in [3.8, 4) is 0 Å². The van der Waals surface area contributed by atoms with Crippen LogP contribution in [0.4, 0.5) is 26.3 Å². The Labute approximate surface area is 154 Å². The zero-order valence-corrected chi connectivity index (χ0v) is 14.8. The second-order valence-electron chi connectivity index (χ2n) is 5.58. The van der Waals surface area contributed by atoms with Gasteiger partial charge in [-0.05, 0) is 24.1 Å². The smallest absolute Gasteiger partial charge is 0.314 e. The van der Waals surface area contributed by atoms with Crippen molar-refractivity contribution >= 4 is 24.8 Å². The molecule has 1 atom stereocenters. The van der Waals surface area contributed by atoms with E-state index in [2.05, 4.69) is 5.32 Å². The molecule has 25 heavy (non-hydrogen) atoms. The lowest BCUT2D eigenvalue weighted by molar-refractivity contribution is -0.138. The minimum Gasteiger partial charge on any atom is -0.314 e. The number of rotatable bonds is 4. The molecule has 0 aromatic heterocycles. The van der Waals surface area contributed by atoms with E-state index >= 15 is 0 Å². The summed E-state index contributed by atoms with van der Waals surface area (Å²) in [7, 11) is 0. The van der Waals surface area contributed by atoms with E-state index in [1.54, 1.807) is 0 Å². The molecule has 0 saturated carbocycles. The van der Waals surface area contributed by atoms with Crippen LogP contribution in [-0.2, 0) is 6.18 Å². The summed E-state index contributed by atoms with van der Waals surface area (Å²) >= 11 is 0. The molecule has 0 spiro atoms. The van der Waals surface area contributed by atoms with Gasteiger partial charge in [-0.15, -0.1) is 24.8 Å². The lowest BCUT2D eigenvalue weighted by Gasteiger charge is -2.35. The van der Waals surface area contributed by atoms with Gasteiger partial charge < -0.3 is 5.32 Å². The molecule has 1 fully saturated rings. The van der Waals surface area contributed by atoms with Crippen LogP contribution in [0.3, 0.4) is 0 Å². The van der Waals surface area contributed by atoms with Crippen LogP contribution in [0.1, 0.15) is 30.0 Å². The summed E-state index contributed by atoms with van der Waals surface area (Å²) in [5.74, 6) is 0. The molecule has 1 aliphatic heterocycles. The minimum absolute atomic E-state index is 0. The number of nitrogens with zero attached hydrogens (tertiary/aromatic N) is 1. The van der Waals surface area contributed by atoms with Gasteiger partial charge in [0.1, 0.15) is 0 Å². The molecular weight excluding hydrogens is 393 g/mol. The van der Waals surface area contributed by atoms with Crippen LogP contribution < -0.4 is 5.32 Å². The van der Waals surface area contributed by atoms with Gasteiger partial charge in [-0.25, -0.2) is 0 Å². The first kappa shape index (κ1) is 24.3. The Morgan fingerprint density at radius 1 is 0.920 bits per heavy atom. The van der Waals surface area contributed by atoms with Crippen molar-refractivity contribution in [1.82, 2.24) is 10.2 Å². The van der Waals surface area contributed by atoms with Crippen molar-refractivity contribution in [2.75, 3.05) is 26.2 Å². The quantitative estimate of drug-likeness (QED) is 0.711. The Bertz CT molecular complexity index is 498. The van der Waals surface area contributed by atoms with Gasteiger partial charge in [0.15, 0.2) is 0 Å². The van der Waals surface area contributed by atoms with Crippen LogP contribution in [0.25, 0.3) is 0 Å². The molecule has 1 aromatic carbocycles. The Kier molecular flexibility index (Phi) is 9.57. The molecule has 2 rings (SSSR count). The fraction of sp³-hybridized carbons (Fsp3) is 0.600. The van der Waals surface area contributed by atoms with Crippen molar-refractivity contribution in [1.29, 1.82) is 0 Å². The summed E-state index contributed by atoms with van der Waals surface area (Å²) in [6.07, 6.45) is -9.84. The molecule has 1 N–H and O–H groups in total. The molecule has 0 radical (unpaired) electrons. The molecule has 0 bridgehead atoms. The number of nitrogens with one attached hydrogen (secondary N) is 1. The Hall–Kier alpha value is -0.700. The molecule has 0 aliphatic carbocycles. The maximum Gasteiger partial charge on any atom is 0.416 e. The first-order valence-corrected chi connectivity index (χ1v) is 7.35. The van der Waals surface area contributed by atoms with Crippen molar-refractivity contribution in [3.05, 3.63) is 35.4 Å². The van der Waals surface area contributed by atoms with Crippen LogP contribution >= 0.6 is 24.8 Å². The van der Waals surface area contributed by atoms with Gasteiger partial charge in [-0.3, -0.25) is 4.90 Å². The van der Waals surface area contributed by atoms with E-state index in [4.69, 9.17) is 0 Å². The average molecular weight is 413 g/mol. The first-order chi connectivity index (χ1) is 10.7. The third-order valence-electron chi connectivity index (χ3n) is 3.92. The van der Waals surface area contributed by atoms with Gasteiger partial charge in [-0.2, -0.15) is 26.3 Å².